The molecular formula is C17H21F3N2O2. The molecule has 1 aliphatic rings. The van der Waals surface area contributed by atoms with Gasteiger partial charge in [0.15, 0.2) is 0 Å². The highest BCUT2D eigenvalue weighted by Crippen LogP contribution is 2.36. The van der Waals surface area contributed by atoms with Crippen molar-refractivity contribution in [2.45, 2.75) is 51.9 Å². The molecule has 0 unspecified atom stereocenters. The van der Waals surface area contributed by atoms with Crippen LogP contribution >= 0.6 is 0 Å². The monoisotopic (exact) mass is 342 g/mol. The third-order valence-corrected chi connectivity index (χ3v) is 4.01. The molecule has 2 rings (SSSR count). The predicted molar refractivity (Wildman–Crippen MR) is 82.9 cm³/mol. The molecule has 0 radical (unpaired) electrons. The summed E-state index contributed by atoms with van der Waals surface area (Å²) in [7, 11) is 0. The van der Waals surface area contributed by atoms with Gasteiger partial charge in [-0.3, -0.25) is 9.59 Å². The zero-order chi connectivity index (χ0) is 18.1. The van der Waals surface area contributed by atoms with Crippen molar-refractivity contribution in [1.82, 2.24) is 10.6 Å². The van der Waals surface area contributed by atoms with Crippen LogP contribution in [0.5, 0.6) is 0 Å². The molecule has 2 amide bonds. The maximum absolute atomic E-state index is 12.9. The van der Waals surface area contributed by atoms with Gasteiger partial charge in [-0.05, 0) is 29.5 Å². The van der Waals surface area contributed by atoms with Crippen molar-refractivity contribution < 1.29 is 22.8 Å². The number of carbonyl (C=O) groups excluding carboxylic acids is 2. The molecule has 0 saturated carbocycles. The van der Waals surface area contributed by atoms with Crippen LogP contribution in [0.3, 0.4) is 0 Å². The van der Waals surface area contributed by atoms with Gasteiger partial charge in [-0.2, -0.15) is 13.2 Å². The van der Waals surface area contributed by atoms with E-state index < -0.39 is 29.2 Å². The molecule has 1 heterocycles. The maximum Gasteiger partial charge on any atom is 0.416 e. The van der Waals surface area contributed by atoms with Crippen molar-refractivity contribution in [1.29, 1.82) is 0 Å². The predicted octanol–water partition coefficient (Wildman–Crippen LogP) is 3.19. The molecule has 132 valence electrons. The Morgan fingerprint density at radius 1 is 1.29 bits per heavy atom. The van der Waals surface area contributed by atoms with Crippen LogP contribution in [0, 0.1) is 5.41 Å². The molecule has 0 bridgehead atoms. The molecule has 1 saturated heterocycles. The lowest BCUT2D eigenvalue weighted by Crippen LogP contribution is -2.46. The second-order valence-electron chi connectivity index (χ2n) is 7.09. The Hall–Kier alpha value is -2.05. The first kappa shape index (κ1) is 18.3. The summed E-state index contributed by atoms with van der Waals surface area (Å²) in [5, 5.41) is 5.36. The Labute approximate surface area is 138 Å². The van der Waals surface area contributed by atoms with E-state index in [1.807, 2.05) is 20.8 Å². The van der Waals surface area contributed by atoms with Gasteiger partial charge in [0, 0.05) is 6.42 Å². The number of hydrogen-bond donors (Lipinski definition) is 2. The molecule has 24 heavy (non-hydrogen) atoms. The summed E-state index contributed by atoms with van der Waals surface area (Å²) in [5.74, 6) is -0.570. The lowest BCUT2D eigenvalue weighted by atomic mass is 9.81. The second kappa shape index (κ2) is 6.45. The van der Waals surface area contributed by atoms with E-state index in [9.17, 15) is 22.8 Å². The molecule has 1 aromatic carbocycles. The van der Waals surface area contributed by atoms with Crippen LogP contribution in [-0.4, -0.2) is 17.9 Å². The van der Waals surface area contributed by atoms with Gasteiger partial charge in [0.2, 0.25) is 11.8 Å². The minimum Gasteiger partial charge on any atom is -0.347 e. The molecule has 4 nitrogen and oxygen atoms in total. The fraction of sp³-hybridized carbons (Fsp3) is 0.529. The van der Waals surface area contributed by atoms with E-state index in [0.29, 0.717) is 12.0 Å². The maximum atomic E-state index is 12.9. The first-order valence-electron chi connectivity index (χ1n) is 7.75. The molecule has 7 heteroatoms. The average Bonchev–Trinajstić information content (AvgIpc) is 2.89. The molecule has 0 spiro atoms. The molecule has 2 N–H and O–H groups in total. The molecular weight excluding hydrogens is 321 g/mol. The van der Waals surface area contributed by atoms with Gasteiger partial charge in [-0.15, -0.1) is 0 Å². The van der Waals surface area contributed by atoms with Gasteiger partial charge in [-0.25, -0.2) is 0 Å². The van der Waals surface area contributed by atoms with Crippen molar-refractivity contribution >= 4 is 11.8 Å². The molecule has 1 aliphatic heterocycles. The number of halogens is 3. The summed E-state index contributed by atoms with van der Waals surface area (Å²) in [5.41, 5.74) is -0.865. The summed E-state index contributed by atoms with van der Waals surface area (Å²) in [4.78, 5) is 23.6. The van der Waals surface area contributed by atoms with Crippen LogP contribution in [-0.2, 0) is 15.8 Å². The number of rotatable bonds is 3. The Morgan fingerprint density at radius 2 is 1.96 bits per heavy atom. The normalized spacial score (nSPS) is 19.8. The van der Waals surface area contributed by atoms with Crippen molar-refractivity contribution in [3.63, 3.8) is 0 Å². The highest BCUT2D eigenvalue weighted by molar-refractivity contribution is 5.91. The quantitative estimate of drug-likeness (QED) is 0.886. The number of benzene rings is 1. The Kier molecular flexibility index (Phi) is 4.92. The summed E-state index contributed by atoms with van der Waals surface area (Å²) in [6.45, 7) is 5.52. The van der Waals surface area contributed by atoms with Gasteiger partial charge >= 0.3 is 6.18 Å². The van der Waals surface area contributed by atoms with Gasteiger partial charge in [0.05, 0.1) is 11.6 Å². The SMILES string of the molecule is CC(C)(C)[C@@H](NC(=O)[C@H]1CCC(=O)N1)c1cccc(C(F)(F)F)c1. The summed E-state index contributed by atoms with van der Waals surface area (Å²) < 4.78 is 38.8. The van der Waals surface area contributed by atoms with Crippen molar-refractivity contribution in [2.24, 2.45) is 5.41 Å². The lowest BCUT2D eigenvalue weighted by molar-refractivity contribution is -0.137. The minimum atomic E-state index is -4.44. The summed E-state index contributed by atoms with van der Waals surface area (Å²) in [6, 6.07) is 3.73. The Balaban J connectivity index is 2.26. The van der Waals surface area contributed by atoms with E-state index in [1.165, 1.54) is 6.07 Å². The molecule has 1 aromatic rings. The van der Waals surface area contributed by atoms with E-state index in [-0.39, 0.29) is 18.2 Å². The van der Waals surface area contributed by atoms with Crippen LogP contribution < -0.4 is 10.6 Å². The topological polar surface area (TPSA) is 58.2 Å². The number of hydrogen-bond acceptors (Lipinski definition) is 2. The average molecular weight is 342 g/mol. The molecule has 2 atom stereocenters. The first-order valence-corrected chi connectivity index (χ1v) is 7.75. The van der Waals surface area contributed by atoms with E-state index >= 15 is 0 Å². The van der Waals surface area contributed by atoms with Gasteiger partial charge in [-0.1, -0.05) is 32.9 Å². The fourth-order valence-corrected chi connectivity index (χ4v) is 2.75. The third-order valence-electron chi connectivity index (χ3n) is 4.01. The van der Waals surface area contributed by atoms with Crippen LogP contribution in [0.1, 0.15) is 50.8 Å². The number of nitrogens with one attached hydrogen (secondary N) is 2. The fourth-order valence-electron chi connectivity index (χ4n) is 2.75. The first-order chi connectivity index (χ1) is 11.0. The van der Waals surface area contributed by atoms with E-state index in [1.54, 1.807) is 6.07 Å². The Morgan fingerprint density at radius 3 is 2.46 bits per heavy atom. The summed E-state index contributed by atoms with van der Waals surface area (Å²) in [6.07, 6.45) is -3.77. The van der Waals surface area contributed by atoms with Crippen molar-refractivity contribution in [2.75, 3.05) is 0 Å². The number of alkyl halides is 3. The molecule has 0 aromatic heterocycles. The van der Waals surface area contributed by atoms with Crippen LogP contribution in [0.25, 0.3) is 0 Å². The second-order valence-corrected chi connectivity index (χ2v) is 7.09. The van der Waals surface area contributed by atoms with Crippen molar-refractivity contribution in [3.8, 4) is 0 Å². The highest BCUT2D eigenvalue weighted by atomic mass is 19.4. The summed E-state index contributed by atoms with van der Waals surface area (Å²) >= 11 is 0. The Bertz CT molecular complexity index is 635. The van der Waals surface area contributed by atoms with Gasteiger partial charge in [0.1, 0.15) is 6.04 Å². The van der Waals surface area contributed by atoms with Crippen LogP contribution in [0.4, 0.5) is 13.2 Å². The van der Waals surface area contributed by atoms with E-state index in [0.717, 1.165) is 12.1 Å². The zero-order valence-electron chi connectivity index (χ0n) is 13.8. The van der Waals surface area contributed by atoms with Gasteiger partial charge in [0.25, 0.3) is 0 Å². The highest BCUT2D eigenvalue weighted by Gasteiger charge is 2.35. The van der Waals surface area contributed by atoms with E-state index in [2.05, 4.69) is 10.6 Å². The molecule has 1 fully saturated rings. The lowest BCUT2D eigenvalue weighted by Gasteiger charge is -2.33. The smallest absolute Gasteiger partial charge is 0.347 e. The van der Waals surface area contributed by atoms with Crippen molar-refractivity contribution in [3.05, 3.63) is 35.4 Å². The van der Waals surface area contributed by atoms with Crippen LogP contribution in [0.2, 0.25) is 0 Å². The zero-order valence-corrected chi connectivity index (χ0v) is 13.8. The number of amides is 2. The van der Waals surface area contributed by atoms with Gasteiger partial charge < -0.3 is 10.6 Å². The number of carbonyl (C=O) groups is 2. The molecule has 0 aliphatic carbocycles. The largest absolute Gasteiger partial charge is 0.416 e. The van der Waals surface area contributed by atoms with E-state index in [4.69, 9.17) is 0 Å². The minimum absolute atomic E-state index is 0.193. The third kappa shape index (κ3) is 4.27. The standard InChI is InChI=1S/C17H21F3N2O2/c1-16(2,3)14(22-15(24)12-7-8-13(23)21-12)10-5-4-6-11(9-10)17(18,19)20/h4-6,9,12,14H,7-8H2,1-3H3,(H,21,23)(H,22,24)/t12-,14+/m1/s1. The van der Waals surface area contributed by atoms with Crippen LogP contribution in [0.15, 0.2) is 24.3 Å².